The Morgan fingerprint density at radius 1 is 1.33 bits per heavy atom. The van der Waals surface area contributed by atoms with E-state index in [9.17, 15) is 4.79 Å². The number of benzene rings is 1. The number of rotatable bonds is 5. The van der Waals surface area contributed by atoms with Crippen molar-refractivity contribution < 1.29 is 6.11 Å². The number of tetrazole rings is 1. The van der Waals surface area contributed by atoms with E-state index in [2.05, 4.69) is 22.1 Å². The summed E-state index contributed by atoms with van der Waals surface area (Å²) in [4.78, 5) is 12.2. The molecule has 8 nitrogen and oxygen atoms in total. The molecule has 2 heterocycles. The summed E-state index contributed by atoms with van der Waals surface area (Å²) in [6.07, 6.45) is 1.60. The number of hydrogen-bond donors (Lipinski definition) is 0. The lowest BCUT2D eigenvalue weighted by Crippen LogP contribution is -2.24. The van der Waals surface area contributed by atoms with Crippen molar-refractivity contribution in [3.8, 4) is 11.6 Å². The predicted octanol–water partition coefficient (Wildman–Crippen LogP) is 1.23. The van der Waals surface area contributed by atoms with Crippen molar-refractivity contribution in [2.24, 2.45) is 14.1 Å². The molecule has 2 aromatic heterocycles. The van der Waals surface area contributed by atoms with Crippen molar-refractivity contribution in [2.45, 2.75) is 13.5 Å². The first-order chi connectivity index (χ1) is 11.9. The fraction of sp³-hybridized carbons (Fsp3) is 0.250. The van der Waals surface area contributed by atoms with Crippen molar-refractivity contribution in [1.82, 2.24) is 29.6 Å². The summed E-state index contributed by atoms with van der Waals surface area (Å²) in [6.45, 7) is 5.81. The van der Waals surface area contributed by atoms with Gasteiger partial charge in [-0.25, -0.2) is 9.48 Å². The van der Waals surface area contributed by atoms with Crippen LogP contribution in [0.25, 0.3) is 11.9 Å². The van der Waals surface area contributed by atoms with E-state index in [0.29, 0.717) is 28.9 Å². The molecule has 1 aromatic carbocycles. The number of hydrogen-bond acceptors (Lipinski definition) is 5. The van der Waals surface area contributed by atoms with E-state index in [4.69, 9.17) is 6.11 Å². The Hall–Kier alpha value is -3.16. The second-order valence-corrected chi connectivity index (χ2v) is 5.29. The Morgan fingerprint density at radius 2 is 2.12 bits per heavy atom. The average Bonchev–Trinajstić information content (AvgIpc) is 3.06. The average molecular weight is 328 g/mol. The van der Waals surface area contributed by atoms with Gasteiger partial charge in [-0.1, -0.05) is 24.8 Å². The summed E-state index contributed by atoms with van der Waals surface area (Å²) in [5.41, 5.74) is 1.75. The maximum atomic E-state index is 12.2. The van der Waals surface area contributed by atoms with E-state index in [1.54, 1.807) is 36.0 Å². The smallest absolute Gasteiger partial charge is 0.369 e. The highest BCUT2D eigenvalue weighted by Gasteiger charge is 2.20. The number of nitrogens with zero attached hydrogens (tertiary/aromatic N) is 6. The van der Waals surface area contributed by atoms with Crippen LogP contribution in [0.1, 0.15) is 18.2 Å². The number of aromatic nitrogens is 6. The molecule has 0 aliphatic carbocycles. The molecule has 0 unspecified atom stereocenters. The van der Waals surface area contributed by atoms with Gasteiger partial charge in [0.05, 0.1) is 12.6 Å². The first-order valence-electron chi connectivity index (χ1n) is 7.80. The van der Waals surface area contributed by atoms with E-state index in [-0.39, 0.29) is 12.3 Å². The van der Waals surface area contributed by atoms with Crippen molar-refractivity contribution in [3.05, 3.63) is 58.1 Å². The van der Waals surface area contributed by atoms with Crippen LogP contribution in [-0.4, -0.2) is 29.6 Å². The fourth-order valence-electron chi connectivity index (χ4n) is 2.40. The van der Waals surface area contributed by atoms with Crippen LogP contribution in [0, 0.1) is 6.92 Å². The number of para-hydroxylation sites is 1. The second-order valence-electron chi connectivity index (χ2n) is 5.29. The largest absolute Gasteiger partial charge is 0.488 e. The zero-order valence-electron chi connectivity index (χ0n) is 14.7. The molecule has 0 bridgehead atoms. The molecule has 0 aliphatic rings. The van der Waals surface area contributed by atoms with Crippen LogP contribution in [0.3, 0.4) is 0 Å². The Labute approximate surface area is 140 Å². The predicted molar refractivity (Wildman–Crippen MR) is 89.0 cm³/mol. The second kappa shape index (κ2) is 6.15. The fourth-order valence-corrected chi connectivity index (χ4v) is 2.40. The minimum Gasteiger partial charge on any atom is -0.488 e. The van der Waals surface area contributed by atoms with Gasteiger partial charge in [-0.2, -0.15) is 9.78 Å². The topological polar surface area (TPSA) is 79.8 Å². The van der Waals surface area contributed by atoms with Gasteiger partial charge in [0.2, 0.25) is 0 Å². The molecule has 8 heteroatoms. The SMILES string of the molecule is [3H]c1ccc(OCc2c(C=C)nn(C)c2-n2nnn(C)c2=O)c(C)c1. The lowest BCUT2D eigenvalue weighted by Gasteiger charge is -2.10. The van der Waals surface area contributed by atoms with Crippen LogP contribution in [0.4, 0.5) is 0 Å². The minimum absolute atomic E-state index is 0.172. The minimum atomic E-state index is -0.380. The van der Waals surface area contributed by atoms with E-state index in [0.717, 1.165) is 10.2 Å². The van der Waals surface area contributed by atoms with Gasteiger partial charge in [0.1, 0.15) is 12.4 Å². The van der Waals surface area contributed by atoms with Gasteiger partial charge < -0.3 is 4.74 Å². The van der Waals surface area contributed by atoms with Crippen molar-refractivity contribution in [1.29, 1.82) is 0 Å². The summed E-state index contributed by atoms with van der Waals surface area (Å²) in [7, 11) is 3.24. The molecule has 0 radical (unpaired) electrons. The van der Waals surface area contributed by atoms with Crippen molar-refractivity contribution in [2.75, 3.05) is 0 Å². The zero-order chi connectivity index (χ0) is 18.1. The summed E-state index contributed by atoms with van der Waals surface area (Å²) in [5.74, 6) is 1.13. The molecule has 0 saturated carbocycles. The van der Waals surface area contributed by atoms with Crippen LogP contribution in [0.2, 0.25) is 0 Å². The first kappa shape index (κ1) is 14.4. The van der Waals surface area contributed by atoms with E-state index >= 15 is 0 Å². The van der Waals surface area contributed by atoms with E-state index in [1.807, 2.05) is 6.92 Å². The zero-order valence-corrected chi connectivity index (χ0v) is 13.7. The highest BCUT2D eigenvalue weighted by Crippen LogP contribution is 2.22. The maximum absolute atomic E-state index is 12.2. The number of aryl methyl sites for hydroxylation is 3. The third kappa shape index (κ3) is 2.62. The molecule has 0 fully saturated rings. The van der Waals surface area contributed by atoms with E-state index in [1.165, 1.54) is 11.7 Å². The highest BCUT2D eigenvalue weighted by molar-refractivity contribution is 5.53. The summed E-state index contributed by atoms with van der Waals surface area (Å²) in [5, 5.41) is 12.0. The van der Waals surface area contributed by atoms with E-state index < -0.39 is 0 Å². The molecule has 124 valence electrons. The summed E-state index contributed by atoms with van der Waals surface area (Å²) < 4.78 is 17.4. The molecular formula is C16H18N6O2. The molecule has 0 N–H and O–H groups in total. The molecule has 3 aromatic rings. The molecule has 0 amide bonds. The van der Waals surface area contributed by atoms with Crippen LogP contribution in [0.5, 0.6) is 5.75 Å². The third-order valence-corrected chi connectivity index (χ3v) is 3.65. The summed E-state index contributed by atoms with van der Waals surface area (Å²) >= 11 is 0. The molecule has 3 rings (SSSR count). The van der Waals surface area contributed by atoms with Crippen LogP contribution in [0.15, 0.2) is 35.6 Å². The Kier molecular flexibility index (Phi) is 3.70. The quantitative estimate of drug-likeness (QED) is 0.704. The first-order valence-corrected chi connectivity index (χ1v) is 7.30. The van der Waals surface area contributed by atoms with Crippen molar-refractivity contribution in [3.63, 3.8) is 0 Å². The lowest BCUT2D eigenvalue weighted by molar-refractivity contribution is 0.303. The Bertz CT molecular complexity index is 1000. The van der Waals surface area contributed by atoms with Crippen LogP contribution >= 0.6 is 0 Å². The Morgan fingerprint density at radius 3 is 2.75 bits per heavy atom. The normalized spacial score (nSPS) is 11.4. The third-order valence-electron chi connectivity index (χ3n) is 3.65. The van der Waals surface area contributed by atoms with Gasteiger partial charge in [0, 0.05) is 14.1 Å². The monoisotopic (exact) mass is 328 g/mol. The molecule has 0 saturated heterocycles. The van der Waals surface area contributed by atoms with Gasteiger partial charge in [0.25, 0.3) is 0 Å². The summed E-state index contributed by atoms with van der Waals surface area (Å²) in [6, 6.07) is 5.55. The molecule has 0 atom stereocenters. The lowest BCUT2D eigenvalue weighted by atomic mass is 10.2. The van der Waals surface area contributed by atoms with Crippen LogP contribution in [-0.2, 0) is 20.7 Å². The van der Waals surface area contributed by atoms with Crippen LogP contribution < -0.4 is 10.4 Å². The maximum Gasteiger partial charge on any atom is 0.369 e. The van der Waals surface area contributed by atoms with Gasteiger partial charge in [0.15, 0.2) is 5.82 Å². The standard InChI is InChI=1S/C16H18N6O2/c1-5-13-12(10-24-14-9-7-6-8-11(14)2)15(20(3)17-13)22-16(23)21(4)18-19-22/h5-9H,1,10H2,2-4H3/i6T. The highest BCUT2D eigenvalue weighted by atomic mass is 16.5. The van der Waals surface area contributed by atoms with Crippen molar-refractivity contribution >= 4 is 6.08 Å². The molecule has 24 heavy (non-hydrogen) atoms. The van der Waals surface area contributed by atoms with Gasteiger partial charge >= 0.3 is 5.69 Å². The van der Waals surface area contributed by atoms with Gasteiger partial charge in [-0.05, 0) is 35.1 Å². The van der Waals surface area contributed by atoms with Gasteiger partial charge in [-0.3, -0.25) is 0 Å². The van der Waals surface area contributed by atoms with Gasteiger partial charge in [-0.15, -0.1) is 4.68 Å². The molecule has 0 spiro atoms. The molecular weight excluding hydrogens is 308 g/mol. The Balaban J connectivity index is 2.02. The number of ether oxygens (including phenoxy) is 1. The molecule has 0 aliphatic heterocycles.